The molecule has 0 aliphatic carbocycles. The average Bonchev–Trinajstić information content (AvgIpc) is 2.59. The van der Waals surface area contributed by atoms with Crippen molar-refractivity contribution in [2.45, 2.75) is 26.5 Å². The highest BCUT2D eigenvalue weighted by Gasteiger charge is 2.02. The van der Waals surface area contributed by atoms with Crippen LogP contribution in [0.25, 0.3) is 0 Å². The third-order valence-corrected chi connectivity index (χ3v) is 3.78. The van der Waals surface area contributed by atoms with Gasteiger partial charge in [0.2, 0.25) is 0 Å². The summed E-state index contributed by atoms with van der Waals surface area (Å²) in [5.41, 5.74) is 2.09. The Balaban J connectivity index is 1.73. The van der Waals surface area contributed by atoms with E-state index in [1.807, 2.05) is 48.5 Å². The van der Waals surface area contributed by atoms with E-state index in [4.69, 9.17) is 21.1 Å². The summed E-state index contributed by atoms with van der Waals surface area (Å²) in [6.07, 6.45) is 0.382. The number of carbonyl (C=O) groups is 1. The molecule has 5 heteroatoms. The third-order valence-electron chi connectivity index (χ3n) is 3.42. The second kappa shape index (κ2) is 9.96. The van der Waals surface area contributed by atoms with Crippen molar-refractivity contribution in [2.24, 2.45) is 0 Å². The van der Waals surface area contributed by atoms with Gasteiger partial charge in [-0.25, -0.2) is 0 Å². The van der Waals surface area contributed by atoms with E-state index in [9.17, 15) is 4.79 Å². The summed E-state index contributed by atoms with van der Waals surface area (Å²) in [4.78, 5) is 11.2. The minimum Gasteiger partial charge on any atom is -0.489 e. The normalized spacial score (nSPS) is 10.4. The zero-order valence-electron chi connectivity index (χ0n) is 13.8. The zero-order valence-corrected chi connectivity index (χ0v) is 14.5. The van der Waals surface area contributed by atoms with Crippen molar-refractivity contribution in [1.82, 2.24) is 5.32 Å². The van der Waals surface area contributed by atoms with Gasteiger partial charge in [0.05, 0.1) is 13.0 Å². The number of benzene rings is 2. The van der Waals surface area contributed by atoms with Crippen molar-refractivity contribution in [3.8, 4) is 5.75 Å². The molecule has 2 aromatic rings. The van der Waals surface area contributed by atoms with Crippen molar-refractivity contribution in [1.29, 1.82) is 0 Å². The molecular weight excluding hydrogens is 326 g/mol. The van der Waals surface area contributed by atoms with Gasteiger partial charge in [-0.3, -0.25) is 4.79 Å². The zero-order chi connectivity index (χ0) is 17.2. The summed E-state index contributed by atoms with van der Waals surface area (Å²) >= 11 is 6.11. The quantitative estimate of drug-likeness (QED) is 0.551. The van der Waals surface area contributed by atoms with Crippen LogP contribution in [0.4, 0.5) is 0 Å². The van der Waals surface area contributed by atoms with Crippen molar-refractivity contribution in [2.75, 3.05) is 13.2 Å². The van der Waals surface area contributed by atoms with Crippen LogP contribution in [0.3, 0.4) is 0 Å². The van der Waals surface area contributed by atoms with Crippen LogP contribution in [0.15, 0.2) is 48.5 Å². The second-order valence-electron chi connectivity index (χ2n) is 5.26. The van der Waals surface area contributed by atoms with Gasteiger partial charge in [0, 0.05) is 23.7 Å². The van der Waals surface area contributed by atoms with E-state index in [-0.39, 0.29) is 5.97 Å². The lowest BCUT2D eigenvalue weighted by atomic mass is 10.2. The average molecular weight is 348 g/mol. The molecule has 2 rings (SSSR count). The van der Waals surface area contributed by atoms with Crippen LogP contribution in [0, 0.1) is 0 Å². The number of carbonyl (C=O) groups excluding carboxylic acids is 1. The minimum atomic E-state index is -0.173. The minimum absolute atomic E-state index is 0.173. The topological polar surface area (TPSA) is 47.6 Å². The van der Waals surface area contributed by atoms with Crippen LogP contribution in [-0.2, 0) is 22.7 Å². The Morgan fingerprint density at radius 1 is 1.12 bits per heavy atom. The molecule has 2 aromatic carbocycles. The van der Waals surface area contributed by atoms with Gasteiger partial charge >= 0.3 is 5.97 Å². The van der Waals surface area contributed by atoms with Crippen molar-refractivity contribution < 1.29 is 14.3 Å². The van der Waals surface area contributed by atoms with Crippen LogP contribution >= 0.6 is 11.6 Å². The number of rotatable bonds is 9. The van der Waals surface area contributed by atoms with E-state index in [0.29, 0.717) is 37.7 Å². The molecule has 0 spiro atoms. The maximum atomic E-state index is 11.2. The molecule has 4 nitrogen and oxygen atoms in total. The molecule has 0 unspecified atom stereocenters. The summed E-state index contributed by atoms with van der Waals surface area (Å²) in [6, 6.07) is 15.5. The predicted molar refractivity (Wildman–Crippen MR) is 95.2 cm³/mol. The first-order chi connectivity index (χ1) is 11.7. The fourth-order valence-electron chi connectivity index (χ4n) is 2.14. The van der Waals surface area contributed by atoms with Gasteiger partial charge in [-0.1, -0.05) is 41.9 Å². The Labute approximate surface area is 147 Å². The highest BCUT2D eigenvalue weighted by atomic mass is 35.5. The van der Waals surface area contributed by atoms with Gasteiger partial charge in [-0.2, -0.15) is 0 Å². The van der Waals surface area contributed by atoms with Gasteiger partial charge in [-0.15, -0.1) is 0 Å². The maximum absolute atomic E-state index is 11.2. The van der Waals surface area contributed by atoms with E-state index in [2.05, 4.69) is 5.32 Å². The Morgan fingerprint density at radius 3 is 2.58 bits per heavy atom. The lowest BCUT2D eigenvalue weighted by Gasteiger charge is -2.09. The van der Waals surface area contributed by atoms with E-state index in [1.165, 1.54) is 0 Å². The lowest BCUT2D eigenvalue weighted by molar-refractivity contribution is -0.142. The molecule has 0 fully saturated rings. The smallest absolute Gasteiger partial charge is 0.307 e. The van der Waals surface area contributed by atoms with E-state index in [1.54, 1.807) is 6.92 Å². The molecule has 0 aromatic heterocycles. The Morgan fingerprint density at radius 2 is 1.88 bits per heavy atom. The summed E-state index contributed by atoms with van der Waals surface area (Å²) in [5.74, 6) is 0.624. The van der Waals surface area contributed by atoms with Crippen LogP contribution in [0.1, 0.15) is 24.5 Å². The highest BCUT2D eigenvalue weighted by Crippen LogP contribution is 2.18. The van der Waals surface area contributed by atoms with Crippen molar-refractivity contribution in [3.05, 3.63) is 64.7 Å². The van der Waals surface area contributed by atoms with Gasteiger partial charge < -0.3 is 14.8 Å². The van der Waals surface area contributed by atoms with Gasteiger partial charge in [0.1, 0.15) is 12.4 Å². The molecule has 0 saturated heterocycles. The molecule has 0 saturated carbocycles. The summed E-state index contributed by atoms with van der Waals surface area (Å²) < 4.78 is 10.6. The molecule has 0 aliphatic heterocycles. The first kappa shape index (κ1) is 18.3. The van der Waals surface area contributed by atoms with E-state index >= 15 is 0 Å². The molecule has 128 valence electrons. The van der Waals surface area contributed by atoms with Crippen LogP contribution in [0.5, 0.6) is 5.75 Å². The molecule has 0 atom stereocenters. The highest BCUT2D eigenvalue weighted by molar-refractivity contribution is 6.31. The van der Waals surface area contributed by atoms with Gasteiger partial charge in [0.25, 0.3) is 0 Å². The lowest BCUT2D eigenvalue weighted by Crippen LogP contribution is -2.18. The monoisotopic (exact) mass is 347 g/mol. The maximum Gasteiger partial charge on any atom is 0.307 e. The molecule has 0 heterocycles. The number of hydrogen-bond donors (Lipinski definition) is 1. The van der Waals surface area contributed by atoms with Gasteiger partial charge in [0.15, 0.2) is 0 Å². The molecular formula is C19H22ClNO3. The Kier molecular flexibility index (Phi) is 7.59. The SMILES string of the molecule is CCOC(=O)CCNCc1ccc(OCc2ccccc2Cl)cc1. The molecule has 1 N–H and O–H groups in total. The fraction of sp³-hybridized carbons (Fsp3) is 0.316. The molecule has 0 aliphatic rings. The largest absolute Gasteiger partial charge is 0.489 e. The van der Waals surface area contributed by atoms with Crippen LogP contribution in [0.2, 0.25) is 5.02 Å². The third kappa shape index (κ3) is 6.22. The first-order valence-electron chi connectivity index (χ1n) is 8.00. The number of halogens is 1. The summed E-state index contributed by atoms with van der Waals surface area (Å²) in [7, 11) is 0. The first-order valence-corrected chi connectivity index (χ1v) is 8.38. The van der Waals surface area contributed by atoms with E-state index < -0.39 is 0 Å². The Bertz CT molecular complexity index is 643. The number of esters is 1. The van der Waals surface area contributed by atoms with Crippen molar-refractivity contribution in [3.63, 3.8) is 0 Å². The fourth-order valence-corrected chi connectivity index (χ4v) is 2.33. The van der Waals surface area contributed by atoms with Gasteiger partial charge in [-0.05, 0) is 30.7 Å². The summed E-state index contributed by atoms with van der Waals surface area (Å²) in [5, 5.41) is 3.92. The van der Waals surface area contributed by atoms with Crippen LogP contribution < -0.4 is 10.1 Å². The molecule has 0 radical (unpaired) electrons. The van der Waals surface area contributed by atoms with Crippen LogP contribution in [-0.4, -0.2) is 19.1 Å². The van der Waals surface area contributed by atoms with Crippen molar-refractivity contribution >= 4 is 17.6 Å². The second-order valence-corrected chi connectivity index (χ2v) is 5.66. The predicted octanol–water partition coefficient (Wildman–Crippen LogP) is 3.96. The van der Waals surface area contributed by atoms with E-state index in [0.717, 1.165) is 16.9 Å². The number of nitrogens with one attached hydrogen (secondary N) is 1. The Hall–Kier alpha value is -2.04. The standard InChI is InChI=1S/C19H22ClNO3/c1-2-23-19(22)11-12-21-13-15-7-9-17(10-8-15)24-14-16-5-3-4-6-18(16)20/h3-10,21H,2,11-14H2,1H3. The molecule has 24 heavy (non-hydrogen) atoms. The molecule has 0 amide bonds. The number of ether oxygens (including phenoxy) is 2. The number of hydrogen-bond acceptors (Lipinski definition) is 4. The molecule has 0 bridgehead atoms. The summed E-state index contributed by atoms with van der Waals surface area (Å²) in [6.45, 7) is 3.97.